The summed E-state index contributed by atoms with van der Waals surface area (Å²) in [5.74, 6) is 5.95. The molecule has 0 atom stereocenters. The van der Waals surface area contributed by atoms with Gasteiger partial charge < -0.3 is 14.8 Å². The minimum Gasteiger partial charge on any atom is -0.497 e. The molecule has 1 N–H and O–H groups in total. The van der Waals surface area contributed by atoms with Crippen LogP contribution in [0.5, 0.6) is 11.5 Å². The van der Waals surface area contributed by atoms with Gasteiger partial charge in [-0.1, -0.05) is 24.0 Å². The molecule has 118 valence electrons. The maximum Gasteiger partial charge on any atom is 0.258 e. The van der Waals surface area contributed by atoms with Crippen LogP contribution in [0.1, 0.15) is 5.56 Å². The molecular formula is C18H16FNO3. The molecule has 0 fully saturated rings. The van der Waals surface area contributed by atoms with E-state index in [4.69, 9.17) is 9.47 Å². The van der Waals surface area contributed by atoms with E-state index < -0.39 is 0 Å². The van der Waals surface area contributed by atoms with Crippen LogP contribution in [0.25, 0.3) is 0 Å². The summed E-state index contributed by atoms with van der Waals surface area (Å²) in [6.45, 7) is 0.00679. The monoisotopic (exact) mass is 313 g/mol. The smallest absolute Gasteiger partial charge is 0.258 e. The van der Waals surface area contributed by atoms with E-state index in [0.29, 0.717) is 17.1 Å². The second-order valence-electron chi connectivity index (χ2n) is 4.52. The molecular weight excluding hydrogens is 297 g/mol. The van der Waals surface area contributed by atoms with Gasteiger partial charge in [0.1, 0.15) is 17.3 Å². The van der Waals surface area contributed by atoms with Gasteiger partial charge in [0.2, 0.25) is 0 Å². The minimum absolute atomic E-state index is 0.117. The Labute approximate surface area is 134 Å². The highest BCUT2D eigenvalue weighted by Crippen LogP contribution is 2.16. The van der Waals surface area contributed by atoms with E-state index in [9.17, 15) is 9.18 Å². The Morgan fingerprint density at radius 2 is 1.83 bits per heavy atom. The molecule has 0 saturated heterocycles. The quantitative estimate of drug-likeness (QED) is 0.862. The molecule has 4 nitrogen and oxygen atoms in total. The molecule has 0 aliphatic rings. The number of hydrogen-bond acceptors (Lipinski definition) is 3. The zero-order valence-corrected chi connectivity index (χ0v) is 12.6. The summed E-state index contributed by atoms with van der Waals surface area (Å²) in [6.07, 6.45) is 0. The van der Waals surface area contributed by atoms with Crippen LogP contribution in [-0.4, -0.2) is 26.2 Å². The molecule has 0 aromatic heterocycles. The van der Waals surface area contributed by atoms with E-state index in [0.717, 1.165) is 0 Å². The van der Waals surface area contributed by atoms with Gasteiger partial charge in [0, 0.05) is 0 Å². The van der Waals surface area contributed by atoms with E-state index in [2.05, 4.69) is 17.2 Å². The van der Waals surface area contributed by atoms with Gasteiger partial charge in [0.25, 0.3) is 5.91 Å². The van der Waals surface area contributed by atoms with E-state index >= 15 is 0 Å². The molecule has 0 aliphatic heterocycles. The SMILES string of the molecule is COc1ccc(OCC(=O)NCC#Cc2ccccc2F)cc1. The molecule has 0 radical (unpaired) electrons. The van der Waals surface area contributed by atoms with Gasteiger partial charge in [-0.2, -0.15) is 0 Å². The van der Waals surface area contributed by atoms with Crippen molar-refractivity contribution in [1.29, 1.82) is 0 Å². The Bertz CT molecular complexity index is 717. The minimum atomic E-state index is -0.380. The molecule has 0 bridgehead atoms. The van der Waals surface area contributed by atoms with Crippen LogP contribution in [-0.2, 0) is 4.79 Å². The first-order chi connectivity index (χ1) is 11.2. The highest BCUT2D eigenvalue weighted by Gasteiger charge is 2.01. The van der Waals surface area contributed by atoms with Crippen LogP contribution in [0.15, 0.2) is 48.5 Å². The first kappa shape index (κ1) is 16.4. The summed E-state index contributed by atoms with van der Waals surface area (Å²) in [6, 6.07) is 13.1. The van der Waals surface area contributed by atoms with Gasteiger partial charge in [-0.25, -0.2) is 4.39 Å². The van der Waals surface area contributed by atoms with Gasteiger partial charge in [0.15, 0.2) is 6.61 Å². The van der Waals surface area contributed by atoms with Gasteiger partial charge in [-0.15, -0.1) is 0 Å². The maximum absolute atomic E-state index is 13.3. The first-order valence-corrected chi connectivity index (χ1v) is 6.96. The van der Waals surface area contributed by atoms with Gasteiger partial charge in [-0.05, 0) is 36.4 Å². The molecule has 23 heavy (non-hydrogen) atoms. The number of rotatable bonds is 5. The standard InChI is InChI=1S/C18H16FNO3/c1-22-15-8-10-16(11-9-15)23-13-18(21)20-12-4-6-14-5-2-3-7-17(14)19/h2-3,5,7-11H,12-13H2,1H3,(H,20,21). The fourth-order valence-electron chi connectivity index (χ4n) is 1.72. The first-order valence-electron chi connectivity index (χ1n) is 6.96. The number of methoxy groups -OCH3 is 1. The molecule has 5 heteroatoms. The van der Waals surface area contributed by atoms with Crippen LogP contribution in [0.3, 0.4) is 0 Å². The van der Waals surface area contributed by atoms with E-state index in [1.807, 2.05) is 0 Å². The molecule has 0 heterocycles. The van der Waals surface area contributed by atoms with Crippen LogP contribution in [0, 0.1) is 17.7 Å². The van der Waals surface area contributed by atoms with Gasteiger partial charge in [-0.3, -0.25) is 4.79 Å². The summed E-state index contributed by atoms with van der Waals surface area (Å²) in [5.41, 5.74) is 0.302. The summed E-state index contributed by atoms with van der Waals surface area (Å²) >= 11 is 0. The van der Waals surface area contributed by atoms with Crippen molar-refractivity contribution in [3.63, 3.8) is 0 Å². The number of hydrogen-bond donors (Lipinski definition) is 1. The van der Waals surface area contributed by atoms with Crippen molar-refractivity contribution in [3.05, 3.63) is 59.9 Å². The topological polar surface area (TPSA) is 47.6 Å². The normalized spacial score (nSPS) is 9.48. The Morgan fingerprint density at radius 3 is 2.52 bits per heavy atom. The third-order valence-electron chi connectivity index (χ3n) is 2.90. The molecule has 1 amide bonds. The average Bonchev–Trinajstić information content (AvgIpc) is 2.59. The number of ether oxygens (including phenoxy) is 2. The van der Waals surface area contributed by atoms with E-state index in [-0.39, 0.29) is 24.9 Å². The Hall–Kier alpha value is -3.00. The van der Waals surface area contributed by atoms with Crippen molar-refractivity contribution in [2.75, 3.05) is 20.3 Å². The molecule has 0 saturated carbocycles. The van der Waals surface area contributed by atoms with Crippen molar-refractivity contribution < 1.29 is 18.7 Å². The fourth-order valence-corrected chi connectivity index (χ4v) is 1.72. The maximum atomic E-state index is 13.3. The number of carbonyl (C=O) groups is 1. The van der Waals surface area contributed by atoms with Crippen molar-refractivity contribution in [1.82, 2.24) is 5.32 Å². The highest BCUT2D eigenvalue weighted by atomic mass is 19.1. The summed E-state index contributed by atoms with van der Waals surface area (Å²) in [7, 11) is 1.58. The Balaban J connectivity index is 1.74. The molecule has 2 aromatic carbocycles. The zero-order valence-electron chi connectivity index (χ0n) is 12.6. The van der Waals surface area contributed by atoms with Crippen LogP contribution < -0.4 is 14.8 Å². The highest BCUT2D eigenvalue weighted by molar-refractivity contribution is 5.77. The lowest BCUT2D eigenvalue weighted by atomic mass is 10.2. The molecule has 2 rings (SSSR count). The Morgan fingerprint density at radius 1 is 1.13 bits per heavy atom. The van der Waals surface area contributed by atoms with E-state index in [1.165, 1.54) is 6.07 Å². The number of nitrogens with one attached hydrogen (secondary N) is 1. The number of benzene rings is 2. The molecule has 0 unspecified atom stereocenters. The number of amides is 1. The fraction of sp³-hybridized carbons (Fsp3) is 0.167. The van der Waals surface area contributed by atoms with Crippen LogP contribution >= 0.6 is 0 Å². The second-order valence-corrected chi connectivity index (χ2v) is 4.52. The van der Waals surface area contributed by atoms with Crippen LogP contribution in [0.2, 0.25) is 0 Å². The van der Waals surface area contributed by atoms with Crippen LogP contribution in [0.4, 0.5) is 4.39 Å². The lowest BCUT2D eigenvalue weighted by molar-refractivity contribution is -0.122. The predicted octanol–water partition coefficient (Wildman–Crippen LogP) is 2.38. The number of halogens is 1. The summed E-state index contributed by atoms with van der Waals surface area (Å²) in [5, 5.41) is 2.58. The van der Waals surface area contributed by atoms with Gasteiger partial charge >= 0.3 is 0 Å². The van der Waals surface area contributed by atoms with Crippen molar-refractivity contribution >= 4 is 5.91 Å². The zero-order chi connectivity index (χ0) is 16.5. The Kier molecular flexibility index (Phi) is 6.01. The molecule has 0 spiro atoms. The summed E-state index contributed by atoms with van der Waals surface area (Å²) < 4.78 is 23.7. The van der Waals surface area contributed by atoms with Crippen molar-refractivity contribution in [2.45, 2.75) is 0 Å². The average molecular weight is 313 g/mol. The van der Waals surface area contributed by atoms with E-state index in [1.54, 1.807) is 49.6 Å². The van der Waals surface area contributed by atoms with Crippen molar-refractivity contribution in [3.8, 4) is 23.3 Å². The molecule has 2 aromatic rings. The van der Waals surface area contributed by atoms with Crippen molar-refractivity contribution in [2.24, 2.45) is 0 Å². The lowest BCUT2D eigenvalue weighted by Gasteiger charge is -2.06. The third-order valence-corrected chi connectivity index (χ3v) is 2.90. The lowest BCUT2D eigenvalue weighted by Crippen LogP contribution is -2.29. The summed E-state index contributed by atoms with van der Waals surface area (Å²) in [4.78, 5) is 11.6. The molecule has 0 aliphatic carbocycles. The number of carbonyl (C=O) groups excluding carboxylic acids is 1. The van der Waals surface area contributed by atoms with Gasteiger partial charge in [0.05, 0.1) is 19.2 Å². The second kappa shape index (κ2) is 8.44. The largest absolute Gasteiger partial charge is 0.497 e. The third kappa shape index (κ3) is 5.36. The predicted molar refractivity (Wildman–Crippen MR) is 84.8 cm³/mol.